The molecule has 1 atom stereocenters. The highest BCUT2D eigenvalue weighted by molar-refractivity contribution is 9.10. The van der Waals surface area contributed by atoms with Crippen LogP contribution >= 0.6 is 15.9 Å². The van der Waals surface area contributed by atoms with E-state index in [-0.39, 0.29) is 11.9 Å². The third-order valence-corrected chi connectivity index (χ3v) is 3.89. The molecule has 0 saturated carbocycles. The van der Waals surface area contributed by atoms with E-state index in [9.17, 15) is 4.79 Å². The Morgan fingerprint density at radius 1 is 1.20 bits per heavy atom. The number of carbonyl (C=O) groups is 1. The van der Waals surface area contributed by atoms with Crippen LogP contribution in [0, 0.1) is 0 Å². The molecule has 0 spiro atoms. The summed E-state index contributed by atoms with van der Waals surface area (Å²) < 4.78 is 11.5. The van der Waals surface area contributed by atoms with Gasteiger partial charge in [-0.2, -0.15) is 0 Å². The van der Waals surface area contributed by atoms with Gasteiger partial charge >= 0.3 is 0 Å². The standard InChI is InChI=1S/C16H13BrO3/c17-15-13(16(18)11-5-2-1-3-6-11)7-4-8-14(15)20-10-12-9-19-12/h1-8,12H,9-10H2. The van der Waals surface area contributed by atoms with Gasteiger partial charge in [0.25, 0.3) is 0 Å². The molecular weight excluding hydrogens is 320 g/mol. The monoisotopic (exact) mass is 332 g/mol. The van der Waals surface area contributed by atoms with Crippen LogP contribution in [0.2, 0.25) is 0 Å². The fraction of sp³-hybridized carbons (Fsp3) is 0.188. The van der Waals surface area contributed by atoms with Gasteiger partial charge in [0.2, 0.25) is 0 Å². The predicted octanol–water partition coefficient (Wildman–Crippen LogP) is 3.46. The van der Waals surface area contributed by atoms with Crippen molar-refractivity contribution in [3.8, 4) is 5.75 Å². The van der Waals surface area contributed by atoms with E-state index in [1.807, 2.05) is 30.3 Å². The van der Waals surface area contributed by atoms with Gasteiger partial charge in [-0.05, 0) is 28.1 Å². The zero-order chi connectivity index (χ0) is 13.9. The molecule has 0 amide bonds. The second-order valence-electron chi connectivity index (χ2n) is 4.58. The third kappa shape index (κ3) is 2.92. The van der Waals surface area contributed by atoms with Crippen molar-refractivity contribution in [2.45, 2.75) is 6.10 Å². The lowest BCUT2D eigenvalue weighted by Gasteiger charge is -2.10. The quantitative estimate of drug-likeness (QED) is 0.621. The van der Waals surface area contributed by atoms with E-state index in [2.05, 4.69) is 15.9 Å². The summed E-state index contributed by atoms with van der Waals surface area (Å²) in [6, 6.07) is 14.7. The Hall–Kier alpha value is -1.65. The van der Waals surface area contributed by atoms with E-state index in [0.717, 1.165) is 6.61 Å². The molecule has 1 aliphatic rings. The van der Waals surface area contributed by atoms with Crippen LogP contribution < -0.4 is 4.74 Å². The van der Waals surface area contributed by atoms with Gasteiger partial charge < -0.3 is 9.47 Å². The highest BCUT2D eigenvalue weighted by Crippen LogP contribution is 2.30. The number of rotatable bonds is 5. The molecule has 3 rings (SSSR count). The predicted molar refractivity (Wildman–Crippen MR) is 79.3 cm³/mol. The van der Waals surface area contributed by atoms with Crippen molar-refractivity contribution < 1.29 is 14.3 Å². The highest BCUT2D eigenvalue weighted by atomic mass is 79.9. The molecule has 20 heavy (non-hydrogen) atoms. The highest BCUT2D eigenvalue weighted by Gasteiger charge is 2.24. The summed E-state index contributed by atoms with van der Waals surface area (Å²) in [5, 5.41) is 0. The molecule has 0 radical (unpaired) electrons. The number of ether oxygens (including phenoxy) is 2. The summed E-state index contributed by atoms with van der Waals surface area (Å²) >= 11 is 3.46. The van der Waals surface area contributed by atoms with E-state index in [0.29, 0.717) is 28.0 Å². The Morgan fingerprint density at radius 2 is 1.95 bits per heavy atom. The molecular formula is C16H13BrO3. The van der Waals surface area contributed by atoms with Crippen molar-refractivity contribution >= 4 is 21.7 Å². The molecule has 2 aromatic carbocycles. The number of benzene rings is 2. The summed E-state index contributed by atoms with van der Waals surface area (Å²) in [4.78, 5) is 12.5. The lowest BCUT2D eigenvalue weighted by atomic mass is 10.0. The SMILES string of the molecule is O=C(c1ccccc1)c1cccc(OCC2CO2)c1Br. The van der Waals surface area contributed by atoms with E-state index in [1.54, 1.807) is 18.2 Å². The maximum atomic E-state index is 12.5. The van der Waals surface area contributed by atoms with Gasteiger partial charge in [0, 0.05) is 11.1 Å². The van der Waals surface area contributed by atoms with Gasteiger partial charge in [0.1, 0.15) is 18.5 Å². The Morgan fingerprint density at radius 3 is 2.65 bits per heavy atom. The number of carbonyl (C=O) groups excluding carboxylic acids is 1. The van der Waals surface area contributed by atoms with Crippen LogP contribution in [0.5, 0.6) is 5.75 Å². The minimum Gasteiger partial charge on any atom is -0.490 e. The number of hydrogen-bond acceptors (Lipinski definition) is 3. The zero-order valence-electron chi connectivity index (χ0n) is 10.7. The summed E-state index contributed by atoms with van der Waals surface area (Å²) in [5.41, 5.74) is 1.27. The first kappa shape index (κ1) is 13.3. The molecule has 2 aromatic rings. The molecule has 4 heteroatoms. The summed E-state index contributed by atoms with van der Waals surface area (Å²) in [7, 11) is 0. The van der Waals surface area contributed by atoms with Crippen LogP contribution in [0.4, 0.5) is 0 Å². The first-order valence-corrected chi connectivity index (χ1v) is 7.17. The van der Waals surface area contributed by atoms with Gasteiger partial charge in [0.15, 0.2) is 5.78 Å². The van der Waals surface area contributed by atoms with Gasteiger partial charge in [0.05, 0.1) is 11.1 Å². The molecule has 1 heterocycles. The molecule has 102 valence electrons. The van der Waals surface area contributed by atoms with E-state index in [1.165, 1.54) is 0 Å². The number of ketones is 1. The summed E-state index contributed by atoms with van der Waals surface area (Å²) in [6.45, 7) is 1.27. The fourth-order valence-corrected chi connectivity index (χ4v) is 2.45. The zero-order valence-corrected chi connectivity index (χ0v) is 12.3. The Kier molecular flexibility index (Phi) is 3.85. The van der Waals surface area contributed by atoms with Gasteiger partial charge in [-0.1, -0.05) is 36.4 Å². The third-order valence-electron chi connectivity index (χ3n) is 3.07. The topological polar surface area (TPSA) is 38.8 Å². The van der Waals surface area contributed by atoms with Crippen LogP contribution in [-0.4, -0.2) is 25.1 Å². The molecule has 1 saturated heterocycles. The molecule has 1 aliphatic heterocycles. The van der Waals surface area contributed by atoms with Crippen molar-refractivity contribution in [1.82, 2.24) is 0 Å². The number of halogens is 1. The Labute approximate surface area is 125 Å². The van der Waals surface area contributed by atoms with Crippen molar-refractivity contribution in [2.24, 2.45) is 0 Å². The van der Waals surface area contributed by atoms with Gasteiger partial charge in [-0.15, -0.1) is 0 Å². The molecule has 0 bridgehead atoms. The number of hydrogen-bond donors (Lipinski definition) is 0. The largest absolute Gasteiger partial charge is 0.490 e. The van der Waals surface area contributed by atoms with Crippen molar-refractivity contribution in [1.29, 1.82) is 0 Å². The fourth-order valence-electron chi connectivity index (χ4n) is 1.89. The lowest BCUT2D eigenvalue weighted by molar-refractivity contribution is 0.103. The van der Waals surface area contributed by atoms with Crippen molar-refractivity contribution in [3.63, 3.8) is 0 Å². The molecule has 0 aromatic heterocycles. The average molecular weight is 333 g/mol. The Bertz CT molecular complexity index is 621. The van der Waals surface area contributed by atoms with Gasteiger partial charge in [-0.25, -0.2) is 0 Å². The molecule has 1 fully saturated rings. The van der Waals surface area contributed by atoms with Crippen LogP contribution in [0.15, 0.2) is 53.0 Å². The minimum atomic E-state index is -0.0226. The normalized spacial score (nSPS) is 16.8. The molecule has 3 nitrogen and oxygen atoms in total. The van der Waals surface area contributed by atoms with Crippen LogP contribution in [-0.2, 0) is 4.74 Å². The first-order valence-electron chi connectivity index (χ1n) is 6.38. The molecule has 0 aliphatic carbocycles. The Balaban J connectivity index is 1.85. The van der Waals surface area contributed by atoms with E-state index in [4.69, 9.17) is 9.47 Å². The van der Waals surface area contributed by atoms with E-state index < -0.39 is 0 Å². The van der Waals surface area contributed by atoms with Crippen molar-refractivity contribution in [2.75, 3.05) is 13.2 Å². The van der Waals surface area contributed by atoms with Crippen LogP contribution in [0.3, 0.4) is 0 Å². The lowest BCUT2D eigenvalue weighted by Crippen LogP contribution is -2.07. The summed E-state index contributed by atoms with van der Waals surface area (Å²) in [5.74, 6) is 0.646. The minimum absolute atomic E-state index is 0.0226. The van der Waals surface area contributed by atoms with E-state index >= 15 is 0 Å². The average Bonchev–Trinajstić information content (AvgIpc) is 3.31. The molecule has 1 unspecified atom stereocenters. The maximum Gasteiger partial charge on any atom is 0.194 e. The van der Waals surface area contributed by atoms with Crippen LogP contribution in [0.25, 0.3) is 0 Å². The van der Waals surface area contributed by atoms with Gasteiger partial charge in [-0.3, -0.25) is 4.79 Å². The first-order chi connectivity index (χ1) is 9.75. The van der Waals surface area contributed by atoms with Crippen molar-refractivity contribution in [3.05, 3.63) is 64.1 Å². The smallest absolute Gasteiger partial charge is 0.194 e. The molecule has 0 N–H and O–H groups in total. The maximum absolute atomic E-state index is 12.5. The second-order valence-corrected chi connectivity index (χ2v) is 5.37. The second kappa shape index (κ2) is 5.77. The summed E-state index contributed by atoms with van der Waals surface area (Å²) in [6.07, 6.45) is 0.190. The number of epoxide rings is 1. The van der Waals surface area contributed by atoms with Crippen LogP contribution in [0.1, 0.15) is 15.9 Å².